The normalized spacial score (nSPS) is 10.7. The number of methoxy groups -OCH3 is 1. The van der Waals surface area contributed by atoms with Gasteiger partial charge in [-0.3, -0.25) is 4.68 Å². The molecular formula is C15H20BrN3O. The van der Waals surface area contributed by atoms with Crippen LogP contribution in [0.1, 0.15) is 18.3 Å². The molecule has 2 aromatic rings. The number of rotatable bonds is 5. The van der Waals surface area contributed by atoms with E-state index in [1.807, 2.05) is 29.9 Å². The molecule has 5 heteroatoms. The van der Waals surface area contributed by atoms with E-state index in [-0.39, 0.29) is 0 Å². The Morgan fingerprint density at radius 3 is 2.65 bits per heavy atom. The topological polar surface area (TPSA) is 30.3 Å². The SMILES string of the molecule is CCc1nn(C)c(CN(C)c2ccccc2OC)c1Br. The number of aromatic nitrogens is 2. The molecule has 0 bridgehead atoms. The van der Waals surface area contributed by atoms with E-state index in [1.54, 1.807) is 7.11 Å². The van der Waals surface area contributed by atoms with E-state index >= 15 is 0 Å². The molecule has 0 saturated carbocycles. The maximum atomic E-state index is 5.42. The van der Waals surface area contributed by atoms with Gasteiger partial charge in [-0.2, -0.15) is 5.10 Å². The molecule has 4 nitrogen and oxygen atoms in total. The zero-order valence-electron chi connectivity index (χ0n) is 12.4. The summed E-state index contributed by atoms with van der Waals surface area (Å²) in [6, 6.07) is 8.03. The molecule has 0 saturated heterocycles. The smallest absolute Gasteiger partial charge is 0.142 e. The van der Waals surface area contributed by atoms with Crippen molar-refractivity contribution in [2.45, 2.75) is 19.9 Å². The molecular weight excluding hydrogens is 318 g/mol. The highest BCUT2D eigenvalue weighted by molar-refractivity contribution is 9.10. The molecule has 20 heavy (non-hydrogen) atoms. The van der Waals surface area contributed by atoms with Crippen LogP contribution in [0.3, 0.4) is 0 Å². The van der Waals surface area contributed by atoms with Gasteiger partial charge in [-0.1, -0.05) is 19.1 Å². The third-order valence-electron chi connectivity index (χ3n) is 3.39. The summed E-state index contributed by atoms with van der Waals surface area (Å²) < 4.78 is 8.46. The number of hydrogen-bond donors (Lipinski definition) is 0. The maximum Gasteiger partial charge on any atom is 0.142 e. The monoisotopic (exact) mass is 337 g/mol. The average molecular weight is 338 g/mol. The first-order valence-corrected chi connectivity index (χ1v) is 7.42. The Balaban J connectivity index is 2.28. The van der Waals surface area contributed by atoms with Crippen LogP contribution >= 0.6 is 15.9 Å². The molecule has 0 aliphatic rings. The van der Waals surface area contributed by atoms with Crippen molar-refractivity contribution in [1.82, 2.24) is 9.78 Å². The average Bonchev–Trinajstić information content (AvgIpc) is 2.74. The molecule has 1 aromatic carbocycles. The third-order valence-corrected chi connectivity index (χ3v) is 4.30. The van der Waals surface area contributed by atoms with Crippen LogP contribution in [0.4, 0.5) is 5.69 Å². The van der Waals surface area contributed by atoms with Gasteiger partial charge in [0.25, 0.3) is 0 Å². The van der Waals surface area contributed by atoms with Gasteiger partial charge in [-0.25, -0.2) is 0 Å². The Morgan fingerprint density at radius 1 is 1.35 bits per heavy atom. The van der Waals surface area contributed by atoms with E-state index in [0.29, 0.717) is 0 Å². The molecule has 0 aliphatic carbocycles. The number of ether oxygens (including phenoxy) is 1. The Labute approximate surface area is 128 Å². The van der Waals surface area contributed by atoms with Crippen LogP contribution in [-0.4, -0.2) is 23.9 Å². The lowest BCUT2D eigenvalue weighted by Gasteiger charge is -2.21. The van der Waals surface area contributed by atoms with E-state index in [0.717, 1.165) is 40.3 Å². The van der Waals surface area contributed by atoms with Crippen LogP contribution in [-0.2, 0) is 20.0 Å². The van der Waals surface area contributed by atoms with E-state index in [2.05, 4.69) is 46.0 Å². The van der Waals surface area contributed by atoms with Gasteiger partial charge in [0.05, 0.1) is 35.2 Å². The second kappa shape index (κ2) is 6.31. The second-order valence-corrected chi connectivity index (χ2v) is 5.51. The van der Waals surface area contributed by atoms with E-state index < -0.39 is 0 Å². The summed E-state index contributed by atoms with van der Waals surface area (Å²) in [5.41, 5.74) is 3.33. The molecule has 2 rings (SSSR count). The van der Waals surface area contributed by atoms with E-state index in [1.165, 1.54) is 0 Å². The minimum atomic E-state index is 0.768. The molecule has 1 aromatic heterocycles. The van der Waals surface area contributed by atoms with Crippen molar-refractivity contribution in [3.63, 3.8) is 0 Å². The van der Waals surface area contributed by atoms with E-state index in [4.69, 9.17) is 4.74 Å². The van der Waals surface area contributed by atoms with Crippen LogP contribution in [0, 0.1) is 0 Å². The Hall–Kier alpha value is -1.49. The molecule has 0 spiro atoms. The van der Waals surface area contributed by atoms with Crippen molar-refractivity contribution in [3.8, 4) is 5.75 Å². The minimum Gasteiger partial charge on any atom is -0.495 e. The van der Waals surface area contributed by atoms with Crippen molar-refractivity contribution in [2.75, 3.05) is 19.1 Å². The first-order chi connectivity index (χ1) is 9.58. The van der Waals surface area contributed by atoms with Crippen molar-refractivity contribution in [1.29, 1.82) is 0 Å². The molecule has 0 fully saturated rings. The van der Waals surface area contributed by atoms with Gasteiger partial charge in [0.2, 0.25) is 0 Å². The molecule has 0 amide bonds. The molecule has 0 unspecified atom stereocenters. The number of para-hydroxylation sites is 2. The fraction of sp³-hybridized carbons (Fsp3) is 0.400. The van der Waals surface area contributed by atoms with Crippen LogP contribution in [0.5, 0.6) is 5.75 Å². The summed E-state index contributed by atoms with van der Waals surface area (Å²) in [6.07, 6.45) is 0.923. The maximum absolute atomic E-state index is 5.42. The molecule has 0 atom stereocenters. The summed E-state index contributed by atoms with van der Waals surface area (Å²) in [5.74, 6) is 0.879. The van der Waals surface area contributed by atoms with Crippen LogP contribution in [0.25, 0.3) is 0 Å². The van der Waals surface area contributed by atoms with Crippen LogP contribution < -0.4 is 9.64 Å². The first-order valence-electron chi connectivity index (χ1n) is 6.62. The fourth-order valence-electron chi connectivity index (χ4n) is 2.25. The Morgan fingerprint density at radius 2 is 2.05 bits per heavy atom. The quantitative estimate of drug-likeness (QED) is 0.837. The summed E-state index contributed by atoms with van der Waals surface area (Å²) >= 11 is 3.66. The van der Waals surface area contributed by atoms with Gasteiger partial charge in [0, 0.05) is 14.1 Å². The second-order valence-electron chi connectivity index (χ2n) is 4.71. The lowest BCUT2D eigenvalue weighted by molar-refractivity contribution is 0.414. The summed E-state index contributed by atoms with van der Waals surface area (Å²) in [4.78, 5) is 2.17. The summed E-state index contributed by atoms with van der Waals surface area (Å²) in [7, 11) is 5.74. The van der Waals surface area contributed by atoms with Crippen molar-refractivity contribution in [2.24, 2.45) is 7.05 Å². The zero-order chi connectivity index (χ0) is 14.7. The highest BCUT2D eigenvalue weighted by Crippen LogP contribution is 2.29. The van der Waals surface area contributed by atoms with Crippen molar-refractivity contribution < 1.29 is 4.74 Å². The standard InChI is InChI=1S/C15H20BrN3O/c1-5-11-15(16)13(19(3)17-11)10-18(2)12-8-6-7-9-14(12)20-4/h6-9H,5,10H2,1-4H3. The third kappa shape index (κ3) is 2.82. The van der Waals surface area contributed by atoms with Crippen LogP contribution in [0.15, 0.2) is 28.7 Å². The number of halogens is 1. The fourth-order valence-corrected chi connectivity index (χ4v) is 2.99. The van der Waals surface area contributed by atoms with Gasteiger partial charge in [0.1, 0.15) is 5.75 Å². The van der Waals surface area contributed by atoms with Gasteiger partial charge in [0.15, 0.2) is 0 Å². The Bertz CT molecular complexity index is 595. The lowest BCUT2D eigenvalue weighted by Crippen LogP contribution is -2.19. The molecule has 0 radical (unpaired) electrons. The number of benzene rings is 1. The minimum absolute atomic E-state index is 0.768. The van der Waals surface area contributed by atoms with Crippen molar-refractivity contribution >= 4 is 21.6 Å². The number of aryl methyl sites for hydroxylation is 2. The molecule has 0 N–H and O–H groups in total. The van der Waals surface area contributed by atoms with Crippen LogP contribution in [0.2, 0.25) is 0 Å². The predicted molar refractivity (Wildman–Crippen MR) is 85.4 cm³/mol. The molecule has 108 valence electrons. The van der Waals surface area contributed by atoms with E-state index in [9.17, 15) is 0 Å². The highest BCUT2D eigenvalue weighted by atomic mass is 79.9. The van der Waals surface area contributed by atoms with Gasteiger partial charge >= 0.3 is 0 Å². The number of anilines is 1. The summed E-state index contributed by atoms with van der Waals surface area (Å²) in [6.45, 7) is 2.88. The molecule has 0 aliphatic heterocycles. The highest BCUT2D eigenvalue weighted by Gasteiger charge is 2.16. The van der Waals surface area contributed by atoms with Gasteiger partial charge in [-0.05, 0) is 34.5 Å². The van der Waals surface area contributed by atoms with Gasteiger partial charge < -0.3 is 9.64 Å². The number of nitrogens with zero attached hydrogens (tertiary/aromatic N) is 3. The predicted octanol–water partition coefficient (Wildman–Crippen LogP) is 3.39. The van der Waals surface area contributed by atoms with Gasteiger partial charge in [-0.15, -0.1) is 0 Å². The van der Waals surface area contributed by atoms with Crippen molar-refractivity contribution in [3.05, 3.63) is 40.1 Å². The number of hydrogen-bond acceptors (Lipinski definition) is 3. The largest absolute Gasteiger partial charge is 0.495 e. The molecule has 1 heterocycles. The zero-order valence-corrected chi connectivity index (χ0v) is 13.9. The summed E-state index contributed by atoms with van der Waals surface area (Å²) in [5, 5.41) is 4.53. The first kappa shape index (κ1) is 14.9. The lowest BCUT2D eigenvalue weighted by atomic mass is 10.2. The Kier molecular flexibility index (Phi) is 4.70.